The summed E-state index contributed by atoms with van der Waals surface area (Å²) in [6.07, 6.45) is 2.58. The van der Waals surface area contributed by atoms with Crippen molar-refractivity contribution >= 4 is 5.91 Å². The van der Waals surface area contributed by atoms with Gasteiger partial charge in [-0.3, -0.25) is 4.79 Å². The Balaban J connectivity index is 1.80. The number of hydrogen-bond donors (Lipinski definition) is 2. The van der Waals surface area contributed by atoms with Crippen LogP contribution in [0.25, 0.3) is 0 Å². The zero-order valence-electron chi connectivity index (χ0n) is 9.41. The summed E-state index contributed by atoms with van der Waals surface area (Å²) in [5.74, 6) is 0.137. The molecular weight excluding hydrogens is 200 g/mol. The molecular formula is C13H18N2O. The van der Waals surface area contributed by atoms with E-state index in [-0.39, 0.29) is 5.91 Å². The average molecular weight is 218 g/mol. The van der Waals surface area contributed by atoms with E-state index in [1.54, 1.807) is 0 Å². The van der Waals surface area contributed by atoms with Crippen LogP contribution in [-0.4, -0.2) is 25.0 Å². The molecule has 0 radical (unpaired) electrons. The van der Waals surface area contributed by atoms with Crippen LogP contribution in [0.1, 0.15) is 18.4 Å². The smallest absolute Gasteiger partial charge is 0.224 e. The summed E-state index contributed by atoms with van der Waals surface area (Å²) in [4.78, 5) is 11.7. The molecule has 2 rings (SSSR count). The molecule has 86 valence electrons. The van der Waals surface area contributed by atoms with Crippen LogP contribution in [0, 0.1) is 0 Å². The third-order valence-corrected chi connectivity index (χ3v) is 2.91. The minimum atomic E-state index is 0.137. The van der Waals surface area contributed by atoms with Gasteiger partial charge < -0.3 is 10.6 Å². The standard InChI is InChI=1S/C13H18N2O/c16-13(10-11-4-2-1-3-5-11)15-12-6-8-14-9-7-12/h1-5,12,14H,6-10H2,(H,15,16). The SMILES string of the molecule is O=C(Cc1ccccc1)NC1CCNCC1. The van der Waals surface area contributed by atoms with Crippen molar-refractivity contribution in [2.45, 2.75) is 25.3 Å². The van der Waals surface area contributed by atoms with Gasteiger partial charge in [-0.15, -0.1) is 0 Å². The van der Waals surface area contributed by atoms with Crippen molar-refractivity contribution in [3.63, 3.8) is 0 Å². The predicted octanol–water partition coefficient (Wildman–Crippen LogP) is 1.10. The predicted molar refractivity (Wildman–Crippen MR) is 64.2 cm³/mol. The number of rotatable bonds is 3. The molecule has 0 unspecified atom stereocenters. The molecule has 0 aromatic heterocycles. The van der Waals surface area contributed by atoms with Crippen molar-refractivity contribution in [1.82, 2.24) is 10.6 Å². The Morgan fingerprint density at radius 2 is 1.94 bits per heavy atom. The minimum absolute atomic E-state index is 0.137. The molecule has 1 aliphatic heterocycles. The van der Waals surface area contributed by atoms with Gasteiger partial charge in [0.05, 0.1) is 6.42 Å². The first kappa shape index (κ1) is 11.1. The quantitative estimate of drug-likeness (QED) is 0.797. The molecule has 1 amide bonds. The van der Waals surface area contributed by atoms with Crippen LogP contribution in [-0.2, 0) is 11.2 Å². The molecule has 0 atom stereocenters. The first-order valence-corrected chi connectivity index (χ1v) is 5.88. The lowest BCUT2D eigenvalue weighted by atomic mass is 10.1. The molecule has 1 fully saturated rings. The zero-order valence-corrected chi connectivity index (χ0v) is 9.41. The van der Waals surface area contributed by atoms with E-state index in [1.165, 1.54) is 0 Å². The number of piperidine rings is 1. The molecule has 2 N–H and O–H groups in total. The van der Waals surface area contributed by atoms with Gasteiger partial charge in [0.2, 0.25) is 5.91 Å². The maximum atomic E-state index is 11.7. The van der Waals surface area contributed by atoms with E-state index in [0.29, 0.717) is 12.5 Å². The highest BCUT2D eigenvalue weighted by Gasteiger charge is 2.15. The van der Waals surface area contributed by atoms with E-state index in [9.17, 15) is 4.79 Å². The van der Waals surface area contributed by atoms with E-state index in [4.69, 9.17) is 0 Å². The van der Waals surface area contributed by atoms with Gasteiger partial charge in [-0.2, -0.15) is 0 Å². The topological polar surface area (TPSA) is 41.1 Å². The molecule has 0 saturated carbocycles. The van der Waals surface area contributed by atoms with Crippen LogP contribution in [0.2, 0.25) is 0 Å². The molecule has 0 bridgehead atoms. The summed E-state index contributed by atoms with van der Waals surface area (Å²) in [7, 11) is 0. The highest BCUT2D eigenvalue weighted by molar-refractivity contribution is 5.78. The van der Waals surface area contributed by atoms with E-state index >= 15 is 0 Å². The fourth-order valence-corrected chi connectivity index (χ4v) is 2.03. The van der Waals surface area contributed by atoms with E-state index < -0.39 is 0 Å². The van der Waals surface area contributed by atoms with Crippen molar-refractivity contribution in [3.8, 4) is 0 Å². The van der Waals surface area contributed by atoms with Gasteiger partial charge in [-0.25, -0.2) is 0 Å². The van der Waals surface area contributed by atoms with Crippen molar-refractivity contribution in [1.29, 1.82) is 0 Å². The van der Waals surface area contributed by atoms with Crippen molar-refractivity contribution < 1.29 is 4.79 Å². The Morgan fingerprint density at radius 1 is 1.25 bits per heavy atom. The molecule has 1 saturated heterocycles. The zero-order chi connectivity index (χ0) is 11.2. The Kier molecular flexibility index (Phi) is 3.94. The maximum Gasteiger partial charge on any atom is 0.224 e. The second-order valence-electron chi connectivity index (χ2n) is 4.25. The molecule has 3 nitrogen and oxygen atoms in total. The van der Waals surface area contributed by atoms with E-state index in [2.05, 4.69) is 10.6 Å². The molecule has 1 aromatic rings. The Hall–Kier alpha value is -1.35. The summed E-state index contributed by atoms with van der Waals surface area (Å²) in [5, 5.41) is 6.37. The Morgan fingerprint density at radius 3 is 2.62 bits per heavy atom. The van der Waals surface area contributed by atoms with Crippen molar-refractivity contribution in [2.24, 2.45) is 0 Å². The second-order valence-corrected chi connectivity index (χ2v) is 4.25. The molecule has 0 spiro atoms. The number of hydrogen-bond acceptors (Lipinski definition) is 2. The van der Waals surface area contributed by atoms with Gasteiger partial charge in [0.15, 0.2) is 0 Å². The normalized spacial score (nSPS) is 17.0. The minimum Gasteiger partial charge on any atom is -0.353 e. The molecule has 3 heteroatoms. The summed E-state index contributed by atoms with van der Waals surface area (Å²) < 4.78 is 0. The van der Waals surface area contributed by atoms with Gasteiger partial charge in [0.25, 0.3) is 0 Å². The van der Waals surface area contributed by atoms with Gasteiger partial charge in [0.1, 0.15) is 0 Å². The molecule has 0 aliphatic carbocycles. The van der Waals surface area contributed by atoms with Gasteiger partial charge in [-0.05, 0) is 31.5 Å². The van der Waals surface area contributed by atoms with Gasteiger partial charge >= 0.3 is 0 Å². The number of benzene rings is 1. The molecule has 1 aromatic carbocycles. The Labute approximate surface area is 96.2 Å². The van der Waals surface area contributed by atoms with Crippen LogP contribution in [0.15, 0.2) is 30.3 Å². The average Bonchev–Trinajstić information content (AvgIpc) is 2.31. The van der Waals surface area contributed by atoms with Crippen LogP contribution >= 0.6 is 0 Å². The first-order chi connectivity index (χ1) is 7.84. The lowest BCUT2D eigenvalue weighted by Crippen LogP contribution is -2.43. The van der Waals surface area contributed by atoms with Crippen LogP contribution in [0.3, 0.4) is 0 Å². The molecule has 16 heavy (non-hydrogen) atoms. The molecule has 1 aliphatic rings. The molecule has 1 heterocycles. The highest BCUT2D eigenvalue weighted by atomic mass is 16.1. The largest absolute Gasteiger partial charge is 0.353 e. The number of amides is 1. The van der Waals surface area contributed by atoms with Crippen LogP contribution in [0.4, 0.5) is 0 Å². The third kappa shape index (κ3) is 3.35. The highest BCUT2D eigenvalue weighted by Crippen LogP contribution is 2.04. The first-order valence-electron chi connectivity index (χ1n) is 5.88. The lowest BCUT2D eigenvalue weighted by Gasteiger charge is -2.23. The fourth-order valence-electron chi connectivity index (χ4n) is 2.03. The summed E-state index contributed by atoms with van der Waals surface area (Å²) >= 11 is 0. The third-order valence-electron chi connectivity index (χ3n) is 2.91. The van der Waals surface area contributed by atoms with Gasteiger partial charge in [0, 0.05) is 6.04 Å². The van der Waals surface area contributed by atoms with Crippen molar-refractivity contribution in [3.05, 3.63) is 35.9 Å². The van der Waals surface area contributed by atoms with Gasteiger partial charge in [-0.1, -0.05) is 30.3 Å². The fraction of sp³-hybridized carbons (Fsp3) is 0.462. The number of carbonyl (C=O) groups is 1. The van der Waals surface area contributed by atoms with Crippen LogP contribution < -0.4 is 10.6 Å². The number of carbonyl (C=O) groups excluding carboxylic acids is 1. The maximum absolute atomic E-state index is 11.7. The lowest BCUT2D eigenvalue weighted by molar-refractivity contribution is -0.121. The monoisotopic (exact) mass is 218 g/mol. The second kappa shape index (κ2) is 5.66. The van der Waals surface area contributed by atoms with Crippen molar-refractivity contribution in [2.75, 3.05) is 13.1 Å². The summed E-state index contributed by atoms with van der Waals surface area (Å²) in [6, 6.07) is 10.2. The van der Waals surface area contributed by atoms with Crippen LogP contribution in [0.5, 0.6) is 0 Å². The Bertz CT molecular complexity index is 331. The van der Waals surface area contributed by atoms with E-state index in [1.807, 2.05) is 30.3 Å². The van der Waals surface area contributed by atoms with E-state index in [0.717, 1.165) is 31.5 Å². The number of nitrogens with one attached hydrogen (secondary N) is 2. The summed E-state index contributed by atoms with van der Waals surface area (Å²) in [5.41, 5.74) is 1.08. The summed E-state index contributed by atoms with van der Waals surface area (Å²) in [6.45, 7) is 2.02.